The van der Waals surface area contributed by atoms with Crippen molar-refractivity contribution in [2.45, 2.75) is 46.1 Å². The molecule has 0 radical (unpaired) electrons. The lowest BCUT2D eigenvalue weighted by Gasteiger charge is -2.16. The molecule has 1 atom stereocenters. The molecular formula is C12H19N3O2. The number of rotatable bonds is 5. The van der Waals surface area contributed by atoms with E-state index in [4.69, 9.17) is 4.74 Å². The summed E-state index contributed by atoms with van der Waals surface area (Å²) in [5.41, 5.74) is 0. The van der Waals surface area contributed by atoms with Crippen molar-refractivity contribution < 1.29 is 9.53 Å². The molecule has 17 heavy (non-hydrogen) atoms. The molecule has 5 nitrogen and oxygen atoms in total. The number of hydrogen-bond acceptors (Lipinski definition) is 4. The Bertz CT molecular complexity index is 410. The minimum Gasteiger partial charge on any atom is -0.460 e. The number of carbonyl (C=O) groups is 1. The van der Waals surface area contributed by atoms with E-state index in [1.165, 1.54) is 12.8 Å². The summed E-state index contributed by atoms with van der Waals surface area (Å²) in [4.78, 5) is 11.7. The summed E-state index contributed by atoms with van der Waals surface area (Å²) in [5.74, 6) is 1.54. The molecule has 1 aliphatic rings. The zero-order valence-electron chi connectivity index (χ0n) is 10.6. The SMILES string of the molecule is CCOC(=O)c1nnc(C)n1C(C)CC1CC1. The zero-order chi connectivity index (χ0) is 12.4. The largest absolute Gasteiger partial charge is 0.460 e. The summed E-state index contributed by atoms with van der Waals surface area (Å²) in [7, 11) is 0. The van der Waals surface area contributed by atoms with Gasteiger partial charge in [-0.3, -0.25) is 0 Å². The molecule has 0 bridgehead atoms. The van der Waals surface area contributed by atoms with E-state index >= 15 is 0 Å². The van der Waals surface area contributed by atoms with E-state index < -0.39 is 0 Å². The number of carbonyl (C=O) groups excluding carboxylic acids is 1. The lowest BCUT2D eigenvalue weighted by molar-refractivity contribution is 0.0502. The van der Waals surface area contributed by atoms with Crippen LogP contribution in [0.25, 0.3) is 0 Å². The smallest absolute Gasteiger partial charge is 0.376 e. The van der Waals surface area contributed by atoms with Crippen LogP contribution in [0.3, 0.4) is 0 Å². The molecule has 0 spiro atoms. The molecule has 1 aromatic rings. The van der Waals surface area contributed by atoms with Gasteiger partial charge in [-0.25, -0.2) is 4.79 Å². The van der Waals surface area contributed by atoms with Crippen LogP contribution in [0.15, 0.2) is 0 Å². The second-order valence-electron chi connectivity index (χ2n) is 4.69. The first-order valence-corrected chi connectivity index (χ1v) is 6.22. The van der Waals surface area contributed by atoms with Crippen molar-refractivity contribution in [1.29, 1.82) is 0 Å². The third kappa shape index (κ3) is 2.65. The Morgan fingerprint density at radius 1 is 1.53 bits per heavy atom. The van der Waals surface area contributed by atoms with Gasteiger partial charge in [0.1, 0.15) is 5.82 Å². The first kappa shape index (κ1) is 12.1. The molecule has 1 saturated carbocycles. The van der Waals surface area contributed by atoms with Crippen LogP contribution < -0.4 is 0 Å². The quantitative estimate of drug-likeness (QED) is 0.736. The van der Waals surface area contributed by atoms with E-state index in [1.54, 1.807) is 6.92 Å². The third-order valence-corrected chi connectivity index (χ3v) is 3.14. The van der Waals surface area contributed by atoms with Crippen LogP contribution in [0.5, 0.6) is 0 Å². The van der Waals surface area contributed by atoms with Gasteiger partial charge in [-0.2, -0.15) is 0 Å². The summed E-state index contributed by atoms with van der Waals surface area (Å²) in [5, 5.41) is 7.90. The van der Waals surface area contributed by atoms with Crippen LogP contribution in [0.4, 0.5) is 0 Å². The summed E-state index contributed by atoms with van der Waals surface area (Å²) in [6, 6.07) is 0.261. The van der Waals surface area contributed by atoms with Crippen LogP contribution in [-0.2, 0) is 4.74 Å². The Kier molecular flexibility index (Phi) is 3.45. The van der Waals surface area contributed by atoms with Gasteiger partial charge in [-0.15, -0.1) is 10.2 Å². The van der Waals surface area contributed by atoms with Crippen LogP contribution in [0.2, 0.25) is 0 Å². The van der Waals surface area contributed by atoms with Crippen LogP contribution in [0, 0.1) is 12.8 Å². The highest BCUT2D eigenvalue weighted by Crippen LogP contribution is 2.37. The fourth-order valence-electron chi connectivity index (χ4n) is 2.17. The van der Waals surface area contributed by atoms with Crippen LogP contribution >= 0.6 is 0 Å². The minimum absolute atomic E-state index is 0.261. The maximum absolute atomic E-state index is 11.7. The number of aromatic nitrogens is 3. The Balaban J connectivity index is 2.18. The summed E-state index contributed by atoms with van der Waals surface area (Å²) in [6.07, 6.45) is 3.70. The van der Waals surface area contributed by atoms with Crippen molar-refractivity contribution in [3.8, 4) is 0 Å². The Labute approximate surface area is 101 Å². The zero-order valence-corrected chi connectivity index (χ0v) is 10.6. The van der Waals surface area contributed by atoms with Gasteiger partial charge in [0.2, 0.25) is 5.82 Å². The molecule has 1 aliphatic carbocycles. The molecule has 1 aromatic heterocycles. The van der Waals surface area contributed by atoms with Gasteiger partial charge in [0.15, 0.2) is 0 Å². The third-order valence-electron chi connectivity index (χ3n) is 3.14. The van der Waals surface area contributed by atoms with Crippen molar-refractivity contribution in [2.75, 3.05) is 6.61 Å². The standard InChI is InChI=1S/C12H19N3O2/c1-4-17-12(16)11-14-13-9(3)15(11)8(2)7-10-5-6-10/h8,10H,4-7H2,1-3H3. The fourth-order valence-corrected chi connectivity index (χ4v) is 2.17. The average molecular weight is 237 g/mol. The number of ether oxygens (including phenoxy) is 1. The molecule has 0 aromatic carbocycles. The number of hydrogen-bond donors (Lipinski definition) is 0. The highest BCUT2D eigenvalue weighted by Gasteiger charge is 2.28. The predicted molar refractivity (Wildman–Crippen MR) is 62.8 cm³/mol. The summed E-state index contributed by atoms with van der Waals surface area (Å²) < 4.78 is 6.89. The molecule has 0 N–H and O–H groups in total. The molecule has 1 unspecified atom stereocenters. The molecule has 0 aliphatic heterocycles. The van der Waals surface area contributed by atoms with E-state index in [9.17, 15) is 4.79 Å². The summed E-state index contributed by atoms with van der Waals surface area (Å²) >= 11 is 0. The lowest BCUT2D eigenvalue weighted by Crippen LogP contribution is -2.17. The number of esters is 1. The predicted octanol–water partition coefficient (Wildman–Crippen LogP) is 2.12. The van der Waals surface area contributed by atoms with Crippen molar-refractivity contribution in [3.63, 3.8) is 0 Å². The Morgan fingerprint density at radius 3 is 2.82 bits per heavy atom. The molecule has 0 amide bonds. The van der Waals surface area contributed by atoms with Gasteiger partial charge in [0.25, 0.3) is 0 Å². The van der Waals surface area contributed by atoms with E-state index in [0.717, 1.165) is 18.2 Å². The highest BCUT2D eigenvalue weighted by molar-refractivity contribution is 5.85. The second kappa shape index (κ2) is 4.85. The monoisotopic (exact) mass is 237 g/mol. The van der Waals surface area contributed by atoms with Crippen molar-refractivity contribution in [1.82, 2.24) is 14.8 Å². The molecule has 2 rings (SSSR count). The van der Waals surface area contributed by atoms with E-state index in [0.29, 0.717) is 12.4 Å². The topological polar surface area (TPSA) is 57.0 Å². The fraction of sp³-hybridized carbons (Fsp3) is 0.750. The average Bonchev–Trinajstić information content (AvgIpc) is 2.99. The van der Waals surface area contributed by atoms with Gasteiger partial charge in [-0.1, -0.05) is 12.8 Å². The molecule has 0 saturated heterocycles. The van der Waals surface area contributed by atoms with E-state index in [1.807, 2.05) is 11.5 Å². The van der Waals surface area contributed by atoms with E-state index in [-0.39, 0.29) is 12.0 Å². The minimum atomic E-state index is -0.379. The van der Waals surface area contributed by atoms with E-state index in [2.05, 4.69) is 17.1 Å². The van der Waals surface area contributed by atoms with Gasteiger partial charge in [0.05, 0.1) is 6.61 Å². The molecule has 1 heterocycles. The van der Waals surface area contributed by atoms with Crippen LogP contribution in [-0.4, -0.2) is 27.3 Å². The van der Waals surface area contributed by atoms with Crippen LogP contribution in [0.1, 0.15) is 55.6 Å². The number of aryl methyl sites for hydroxylation is 1. The molecule has 94 valence electrons. The lowest BCUT2D eigenvalue weighted by atomic mass is 10.1. The Hall–Kier alpha value is -1.39. The van der Waals surface area contributed by atoms with Crippen molar-refractivity contribution >= 4 is 5.97 Å². The first-order chi connectivity index (χ1) is 8.13. The highest BCUT2D eigenvalue weighted by atomic mass is 16.5. The van der Waals surface area contributed by atoms with Crippen molar-refractivity contribution in [3.05, 3.63) is 11.6 Å². The maximum atomic E-state index is 11.7. The second-order valence-corrected chi connectivity index (χ2v) is 4.69. The molecule has 1 fully saturated rings. The summed E-state index contributed by atoms with van der Waals surface area (Å²) in [6.45, 7) is 6.14. The first-order valence-electron chi connectivity index (χ1n) is 6.22. The van der Waals surface area contributed by atoms with Crippen molar-refractivity contribution in [2.24, 2.45) is 5.92 Å². The van der Waals surface area contributed by atoms with Gasteiger partial charge in [-0.05, 0) is 33.1 Å². The number of nitrogens with zero attached hydrogens (tertiary/aromatic N) is 3. The molecular weight excluding hydrogens is 218 g/mol. The van der Waals surface area contributed by atoms with Gasteiger partial charge in [0, 0.05) is 6.04 Å². The maximum Gasteiger partial charge on any atom is 0.376 e. The van der Waals surface area contributed by atoms with Gasteiger partial charge >= 0.3 is 5.97 Å². The Morgan fingerprint density at radius 2 is 2.24 bits per heavy atom. The molecule has 5 heteroatoms. The van der Waals surface area contributed by atoms with Gasteiger partial charge < -0.3 is 9.30 Å². The normalized spacial score (nSPS) is 16.9.